The summed E-state index contributed by atoms with van der Waals surface area (Å²) in [4.78, 5) is 37.1. The van der Waals surface area contributed by atoms with Crippen molar-refractivity contribution in [3.05, 3.63) is 96.9 Å². The van der Waals surface area contributed by atoms with Crippen molar-refractivity contribution in [2.45, 2.75) is 0 Å². The van der Waals surface area contributed by atoms with Crippen LogP contribution in [-0.2, 0) is 9.53 Å². The number of nitro benzene ring substituents is 2. The number of carbonyl (C=O) groups excluding carboxylic acids is 1. The predicted molar refractivity (Wildman–Crippen MR) is 110 cm³/mol. The molecule has 0 saturated carbocycles. The number of furan rings is 1. The third kappa shape index (κ3) is 4.05. The van der Waals surface area contributed by atoms with Crippen LogP contribution in [0.25, 0.3) is 17.4 Å². The predicted octanol–water partition coefficient (Wildman–Crippen LogP) is 4.76. The zero-order valence-corrected chi connectivity index (χ0v) is 16.1. The van der Waals surface area contributed by atoms with E-state index in [1.165, 1.54) is 36.4 Å². The number of nitrogens with zero attached hydrogens (tertiary/aromatic N) is 3. The molecule has 0 spiro atoms. The minimum Gasteiger partial charge on any atom is -0.457 e. The Labute approximate surface area is 178 Å². The molecule has 2 aromatic carbocycles. The average Bonchev–Trinajstić information content (AvgIpc) is 3.35. The van der Waals surface area contributed by atoms with Gasteiger partial charge < -0.3 is 9.15 Å². The smallest absolute Gasteiger partial charge is 0.363 e. The highest BCUT2D eigenvalue weighted by molar-refractivity contribution is 6.32. The summed E-state index contributed by atoms with van der Waals surface area (Å²) in [6.45, 7) is 0. The number of non-ortho nitro benzene ring substituents is 1. The van der Waals surface area contributed by atoms with Crippen LogP contribution in [0.5, 0.6) is 0 Å². The van der Waals surface area contributed by atoms with Gasteiger partial charge in [0.2, 0.25) is 5.90 Å². The molecular weight excluding hydrogens is 430 g/mol. The molecule has 11 heteroatoms. The van der Waals surface area contributed by atoms with Crippen LogP contribution in [0.2, 0.25) is 5.02 Å². The molecule has 1 aromatic heterocycles. The fourth-order valence-electron chi connectivity index (χ4n) is 2.81. The SMILES string of the molecule is O=C1OC(c2ccc(Cl)c([N+](=O)[O-])c2)=N/C1=C\c1ccc(-c2cccc([N+](=O)[O-])c2)o1. The lowest BCUT2D eigenvalue weighted by Gasteiger charge is -2.00. The molecule has 0 fully saturated rings. The van der Waals surface area contributed by atoms with E-state index in [-0.39, 0.29) is 39.3 Å². The molecule has 31 heavy (non-hydrogen) atoms. The van der Waals surface area contributed by atoms with Crippen molar-refractivity contribution in [1.82, 2.24) is 0 Å². The summed E-state index contributed by atoms with van der Waals surface area (Å²) in [6, 6.07) is 13.0. The molecule has 0 aliphatic carbocycles. The van der Waals surface area contributed by atoms with Gasteiger partial charge in [-0.25, -0.2) is 9.79 Å². The van der Waals surface area contributed by atoms with E-state index in [1.807, 2.05) is 0 Å². The zero-order valence-electron chi connectivity index (χ0n) is 15.4. The van der Waals surface area contributed by atoms with Crippen LogP contribution in [0.4, 0.5) is 11.4 Å². The minimum absolute atomic E-state index is 0.0568. The third-order valence-electron chi connectivity index (χ3n) is 4.26. The molecule has 0 unspecified atom stereocenters. The van der Waals surface area contributed by atoms with Gasteiger partial charge in [0, 0.05) is 35.4 Å². The quantitative estimate of drug-likeness (QED) is 0.241. The topological polar surface area (TPSA) is 138 Å². The molecule has 0 radical (unpaired) electrons. The second-order valence-corrected chi connectivity index (χ2v) is 6.68. The van der Waals surface area contributed by atoms with Crippen molar-refractivity contribution in [3.63, 3.8) is 0 Å². The third-order valence-corrected chi connectivity index (χ3v) is 4.58. The lowest BCUT2D eigenvalue weighted by atomic mass is 10.1. The minimum atomic E-state index is -0.763. The highest BCUT2D eigenvalue weighted by Crippen LogP contribution is 2.29. The number of esters is 1. The molecule has 0 N–H and O–H groups in total. The first kappa shape index (κ1) is 20.0. The Morgan fingerprint density at radius 3 is 2.52 bits per heavy atom. The van der Waals surface area contributed by atoms with Crippen LogP contribution < -0.4 is 0 Å². The maximum atomic E-state index is 12.2. The van der Waals surface area contributed by atoms with Crippen molar-refractivity contribution in [2.75, 3.05) is 0 Å². The fraction of sp³-hybridized carbons (Fsp3) is 0. The van der Waals surface area contributed by atoms with Crippen LogP contribution in [0.3, 0.4) is 0 Å². The maximum Gasteiger partial charge on any atom is 0.363 e. The fourth-order valence-corrected chi connectivity index (χ4v) is 3.00. The lowest BCUT2D eigenvalue weighted by Crippen LogP contribution is -2.06. The van der Waals surface area contributed by atoms with Gasteiger partial charge in [0.25, 0.3) is 11.4 Å². The van der Waals surface area contributed by atoms with Gasteiger partial charge in [-0.3, -0.25) is 20.2 Å². The highest BCUT2D eigenvalue weighted by Gasteiger charge is 2.26. The number of carbonyl (C=O) groups is 1. The van der Waals surface area contributed by atoms with Crippen molar-refractivity contribution in [1.29, 1.82) is 0 Å². The molecule has 0 saturated heterocycles. The first-order valence-corrected chi connectivity index (χ1v) is 9.01. The molecule has 0 bridgehead atoms. The molecular formula is C20H10ClN3O7. The van der Waals surface area contributed by atoms with E-state index in [9.17, 15) is 25.0 Å². The molecule has 2 heterocycles. The summed E-state index contributed by atoms with van der Waals surface area (Å²) in [5, 5.41) is 21.9. The van der Waals surface area contributed by atoms with E-state index in [2.05, 4.69) is 4.99 Å². The summed E-state index contributed by atoms with van der Waals surface area (Å²) in [5.74, 6) is -0.248. The molecule has 154 valence electrons. The van der Waals surface area contributed by atoms with Gasteiger partial charge in [0.05, 0.1) is 9.85 Å². The Kier molecular flexibility index (Phi) is 5.05. The number of cyclic esters (lactones) is 1. The molecule has 1 aliphatic rings. The average molecular weight is 440 g/mol. The molecule has 1 aliphatic heterocycles. The molecule has 0 amide bonds. The highest BCUT2D eigenvalue weighted by atomic mass is 35.5. The summed E-state index contributed by atoms with van der Waals surface area (Å²) >= 11 is 5.79. The van der Waals surface area contributed by atoms with Gasteiger partial charge in [-0.1, -0.05) is 23.7 Å². The van der Waals surface area contributed by atoms with Crippen LogP contribution in [0, 0.1) is 20.2 Å². The number of halogens is 1. The number of rotatable bonds is 5. The van der Waals surface area contributed by atoms with E-state index in [4.69, 9.17) is 20.8 Å². The summed E-state index contributed by atoms with van der Waals surface area (Å²) < 4.78 is 10.7. The molecule has 0 atom stereocenters. The van der Waals surface area contributed by atoms with Crippen molar-refractivity contribution in [2.24, 2.45) is 4.99 Å². The van der Waals surface area contributed by atoms with E-state index in [0.717, 1.165) is 6.07 Å². The van der Waals surface area contributed by atoms with Crippen LogP contribution in [-0.4, -0.2) is 21.7 Å². The van der Waals surface area contributed by atoms with Gasteiger partial charge in [0.15, 0.2) is 5.70 Å². The van der Waals surface area contributed by atoms with Gasteiger partial charge >= 0.3 is 5.97 Å². The Morgan fingerprint density at radius 2 is 1.77 bits per heavy atom. The number of nitro groups is 2. The lowest BCUT2D eigenvalue weighted by molar-refractivity contribution is -0.384. The van der Waals surface area contributed by atoms with Gasteiger partial charge in [-0.15, -0.1) is 0 Å². The molecule has 10 nitrogen and oxygen atoms in total. The van der Waals surface area contributed by atoms with Crippen molar-refractivity contribution in [3.8, 4) is 11.3 Å². The Bertz CT molecular complexity index is 1310. The maximum absolute atomic E-state index is 12.2. The monoisotopic (exact) mass is 439 g/mol. The molecule has 4 rings (SSSR count). The standard InChI is InChI=1S/C20H10ClN3O7/c21-15-6-4-12(9-17(15)24(28)29)19-22-16(20(25)31-19)10-14-5-7-18(30-14)11-2-1-3-13(8-11)23(26)27/h1-10H/b16-10-. The van der Waals surface area contributed by atoms with Gasteiger partial charge in [-0.05, 0) is 24.3 Å². The van der Waals surface area contributed by atoms with Gasteiger partial charge in [-0.2, -0.15) is 0 Å². The number of ether oxygens (including phenoxy) is 1. The van der Waals surface area contributed by atoms with E-state index in [0.29, 0.717) is 11.3 Å². The summed E-state index contributed by atoms with van der Waals surface area (Å²) in [7, 11) is 0. The summed E-state index contributed by atoms with van der Waals surface area (Å²) in [6.07, 6.45) is 1.33. The second kappa shape index (κ2) is 7.84. The zero-order chi connectivity index (χ0) is 22.1. The molecule has 3 aromatic rings. The van der Waals surface area contributed by atoms with Crippen molar-refractivity contribution < 1.29 is 23.8 Å². The first-order valence-electron chi connectivity index (χ1n) is 8.63. The van der Waals surface area contributed by atoms with E-state index in [1.54, 1.807) is 18.2 Å². The van der Waals surface area contributed by atoms with Crippen molar-refractivity contribution >= 4 is 40.9 Å². The van der Waals surface area contributed by atoms with Crippen LogP contribution in [0.15, 0.2) is 69.7 Å². The normalized spacial score (nSPS) is 14.4. The Hall–Kier alpha value is -4.31. The van der Waals surface area contributed by atoms with Crippen LogP contribution >= 0.6 is 11.6 Å². The van der Waals surface area contributed by atoms with Crippen LogP contribution in [0.1, 0.15) is 11.3 Å². The number of aliphatic imine (C=N–C) groups is 1. The summed E-state index contributed by atoms with van der Waals surface area (Å²) in [5.41, 5.74) is 0.199. The number of benzene rings is 2. The second-order valence-electron chi connectivity index (χ2n) is 6.27. The first-order chi connectivity index (χ1) is 14.8. The number of hydrogen-bond donors (Lipinski definition) is 0. The number of hydrogen-bond acceptors (Lipinski definition) is 8. The Morgan fingerprint density at radius 1 is 0.968 bits per heavy atom. The van der Waals surface area contributed by atoms with E-state index >= 15 is 0 Å². The van der Waals surface area contributed by atoms with E-state index < -0.39 is 15.8 Å². The largest absolute Gasteiger partial charge is 0.457 e. The van der Waals surface area contributed by atoms with Gasteiger partial charge in [0.1, 0.15) is 16.5 Å². The Balaban J connectivity index is 1.63.